The first-order valence-electron chi connectivity index (χ1n) is 8.15. The third kappa shape index (κ3) is 3.61. The van der Waals surface area contributed by atoms with E-state index in [1.165, 1.54) is 0 Å². The van der Waals surface area contributed by atoms with Crippen LogP contribution in [0.15, 0.2) is 91.0 Å². The largest absolute Gasteiger partial charge is 0.351 e. The zero-order chi connectivity index (χ0) is 18.4. The van der Waals surface area contributed by atoms with Crippen LogP contribution in [0.4, 0.5) is 4.79 Å². The van der Waals surface area contributed by atoms with Gasteiger partial charge < -0.3 is 5.73 Å². The van der Waals surface area contributed by atoms with Gasteiger partial charge in [0.15, 0.2) is 0 Å². The maximum Gasteiger partial charge on any atom is 0.319 e. The molecule has 130 valence electrons. The van der Waals surface area contributed by atoms with Gasteiger partial charge in [0.05, 0.1) is 0 Å². The number of urea groups is 1. The normalized spacial score (nSPS) is 10.8. The van der Waals surface area contributed by atoms with Crippen molar-refractivity contribution in [3.05, 3.63) is 91.0 Å². The zero-order valence-corrected chi connectivity index (χ0v) is 15.0. The number of primary amides is 1. The third-order valence-electron chi connectivity index (χ3n) is 4.05. The maximum atomic E-state index is 12.5. The van der Waals surface area contributed by atoms with E-state index in [2.05, 4.69) is 5.32 Å². The fourth-order valence-electron chi connectivity index (χ4n) is 2.99. The van der Waals surface area contributed by atoms with E-state index >= 15 is 0 Å². The van der Waals surface area contributed by atoms with Gasteiger partial charge in [-0.3, -0.25) is 10.1 Å². The Morgan fingerprint density at radius 2 is 1.04 bits per heavy atom. The van der Waals surface area contributed by atoms with E-state index in [1.807, 2.05) is 91.0 Å². The van der Waals surface area contributed by atoms with Gasteiger partial charge in [0.2, 0.25) is 0 Å². The Labute approximate surface area is 152 Å². The summed E-state index contributed by atoms with van der Waals surface area (Å²) in [6.45, 7) is -2.41. The van der Waals surface area contributed by atoms with Crippen LogP contribution in [0, 0.1) is 0 Å². The number of carbonyl (C=O) groups is 2. The van der Waals surface area contributed by atoms with Crippen LogP contribution in [0.3, 0.4) is 0 Å². The Morgan fingerprint density at radius 1 is 0.692 bits per heavy atom. The lowest BCUT2D eigenvalue weighted by molar-refractivity contribution is -0.113. The van der Waals surface area contributed by atoms with Gasteiger partial charge >= 0.3 is 6.03 Å². The predicted molar refractivity (Wildman–Crippen MR) is 109 cm³/mol. The number of benzene rings is 3. The smallest absolute Gasteiger partial charge is 0.319 e. The summed E-state index contributed by atoms with van der Waals surface area (Å²) in [6, 6.07) is 28.8. The molecule has 4 nitrogen and oxygen atoms in total. The average molecular weight is 362 g/mol. The number of imide groups is 1. The summed E-state index contributed by atoms with van der Waals surface area (Å²) < 4.78 is 0. The predicted octanol–water partition coefficient (Wildman–Crippen LogP) is 1.98. The molecule has 26 heavy (non-hydrogen) atoms. The van der Waals surface area contributed by atoms with Crippen LogP contribution in [0.1, 0.15) is 0 Å². The van der Waals surface area contributed by atoms with Gasteiger partial charge in [0, 0.05) is 5.80 Å². The van der Waals surface area contributed by atoms with Gasteiger partial charge in [-0.15, -0.1) is 0 Å². The Balaban J connectivity index is 2.38. The van der Waals surface area contributed by atoms with Crippen molar-refractivity contribution < 1.29 is 9.59 Å². The fourth-order valence-corrected chi connectivity index (χ4v) is 6.67. The maximum absolute atomic E-state index is 12.5. The number of nitrogens with one attached hydrogen (secondary N) is 1. The van der Waals surface area contributed by atoms with Gasteiger partial charge in [-0.25, -0.2) is 4.79 Å². The molecule has 5 heteroatoms. The molecule has 0 aliphatic heterocycles. The van der Waals surface area contributed by atoms with E-state index in [-0.39, 0.29) is 0 Å². The number of rotatable bonds is 4. The van der Waals surface area contributed by atoms with E-state index in [0.717, 1.165) is 15.9 Å². The molecule has 0 unspecified atom stereocenters. The highest BCUT2D eigenvalue weighted by atomic mass is 31.2. The highest BCUT2D eigenvalue weighted by Gasteiger charge is 2.26. The van der Waals surface area contributed by atoms with Crippen LogP contribution in [-0.2, 0) is 4.79 Å². The first kappa shape index (κ1) is 17.7. The summed E-state index contributed by atoms with van der Waals surface area (Å²) in [4.78, 5) is 23.7. The van der Waals surface area contributed by atoms with Crippen LogP contribution in [0.2, 0.25) is 0 Å². The first-order chi connectivity index (χ1) is 12.6. The van der Waals surface area contributed by atoms with E-state index in [0.29, 0.717) is 0 Å². The molecule has 3 rings (SSSR count). The Kier molecular flexibility index (Phi) is 5.35. The summed E-state index contributed by atoms with van der Waals surface area (Å²) >= 11 is 0. The number of amides is 3. The molecule has 3 N–H and O–H groups in total. The topological polar surface area (TPSA) is 72.2 Å². The lowest BCUT2D eigenvalue weighted by Gasteiger charge is -2.28. The molecule has 0 heterocycles. The third-order valence-corrected chi connectivity index (χ3v) is 8.01. The first-order valence-corrected chi connectivity index (χ1v) is 10.0. The molecular formula is C21H19N2O2P. The second-order valence-corrected chi connectivity index (χ2v) is 8.96. The zero-order valence-electron chi connectivity index (χ0n) is 14.1. The fraction of sp³-hybridized carbons (Fsp3) is 0. The molecule has 0 aromatic heterocycles. The molecule has 3 aromatic carbocycles. The van der Waals surface area contributed by atoms with Crippen molar-refractivity contribution in [2.45, 2.75) is 0 Å². The van der Waals surface area contributed by atoms with Crippen LogP contribution in [-0.4, -0.2) is 17.7 Å². The van der Waals surface area contributed by atoms with E-state index in [1.54, 1.807) is 5.80 Å². The van der Waals surface area contributed by atoms with Gasteiger partial charge in [0.25, 0.3) is 5.91 Å². The molecule has 0 aliphatic carbocycles. The Bertz CT molecular complexity index is 852. The van der Waals surface area contributed by atoms with Gasteiger partial charge in [0.1, 0.15) is 0 Å². The van der Waals surface area contributed by atoms with E-state index in [9.17, 15) is 9.59 Å². The molecule has 0 fully saturated rings. The molecule has 0 bridgehead atoms. The van der Waals surface area contributed by atoms with Crippen molar-refractivity contribution in [2.24, 2.45) is 5.73 Å². The minimum atomic E-state index is -2.41. The molecule has 0 radical (unpaired) electrons. The second kappa shape index (κ2) is 7.85. The molecule has 3 aromatic rings. The number of nitrogens with two attached hydrogens (primary N) is 1. The molecule has 0 atom stereocenters. The lowest BCUT2D eigenvalue weighted by Crippen LogP contribution is -2.38. The van der Waals surface area contributed by atoms with Gasteiger partial charge in [-0.05, 0) is 22.8 Å². The second-order valence-electron chi connectivity index (χ2n) is 5.71. The summed E-state index contributed by atoms with van der Waals surface area (Å²) in [7, 11) is 0. The van der Waals surface area contributed by atoms with Gasteiger partial charge in [-0.2, -0.15) is 0 Å². The summed E-state index contributed by atoms with van der Waals surface area (Å²) in [5.74, 6) is 1.12. The molecule has 0 aliphatic rings. The lowest BCUT2D eigenvalue weighted by atomic mass is 10.4. The van der Waals surface area contributed by atoms with Crippen molar-refractivity contribution in [2.75, 3.05) is 0 Å². The molecular weight excluding hydrogens is 343 g/mol. The van der Waals surface area contributed by atoms with Crippen molar-refractivity contribution >= 4 is 40.5 Å². The number of hydrogen-bond donors (Lipinski definition) is 2. The standard InChI is InChI=1S/C21H19N2O2P/c22-21(25)23-20(24)16-26(17-10-4-1-5-11-17,18-12-6-2-7-13-18)19-14-8-3-9-15-19/h1-16H,(H3,22,23,24,25). The highest BCUT2D eigenvalue weighted by Crippen LogP contribution is 2.43. The van der Waals surface area contributed by atoms with Crippen molar-refractivity contribution in [1.82, 2.24) is 5.32 Å². The van der Waals surface area contributed by atoms with E-state index < -0.39 is 18.8 Å². The summed E-state index contributed by atoms with van der Waals surface area (Å²) in [5, 5.41) is 5.25. The Hall–Kier alpha value is -3.10. The molecule has 0 saturated carbocycles. The van der Waals surface area contributed by atoms with Crippen LogP contribution in [0.25, 0.3) is 0 Å². The van der Waals surface area contributed by atoms with Crippen LogP contribution >= 0.6 is 6.89 Å². The minimum absolute atomic E-state index is 0.498. The highest BCUT2D eigenvalue weighted by molar-refractivity contribution is 7.95. The van der Waals surface area contributed by atoms with Crippen LogP contribution < -0.4 is 27.0 Å². The van der Waals surface area contributed by atoms with E-state index in [4.69, 9.17) is 5.73 Å². The molecule has 3 amide bonds. The molecule has 0 saturated heterocycles. The number of hydrogen-bond acceptors (Lipinski definition) is 2. The van der Waals surface area contributed by atoms with Crippen LogP contribution in [0.5, 0.6) is 0 Å². The summed E-state index contributed by atoms with van der Waals surface area (Å²) in [5.41, 5.74) is 5.15. The SMILES string of the molecule is NC(=O)NC(=O)C=P(c1ccccc1)(c1ccccc1)c1ccccc1. The summed E-state index contributed by atoms with van der Waals surface area (Å²) in [6.07, 6.45) is 0. The quantitative estimate of drug-likeness (QED) is 0.697. The minimum Gasteiger partial charge on any atom is -0.351 e. The van der Waals surface area contributed by atoms with Crippen molar-refractivity contribution in [3.63, 3.8) is 0 Å². The van der Waals surface area contributed by atoms with Crippen molar-refractivity contribution in [1.29, 1.82) is 0 Å². The van der Waals surface area contributed by atoms with Gasteiger partial charge in [-0.1, -0.05) is 91.0 Å². The number of carbonyl (C=O) groups excluding carboxylic acids is 2. The van der Waals surface area contributed by atoms with Crippen molar-refractivity contribution in [3.8, 4) is 0 Å². The Morgan fingerprint density at radius 3 is 1.35 bits per heavy atom. The average Bonchev–Trinajstić information content (AvgIpc) is 2.67. The monoisotopic (exact) mass is 362 g/mol. The molecule has 0 spiro atoms.